The molecule has 3 aromatic rings. The van der Waals surface area contributed by atoms with Crippen LogP contribution in [-0.2, 0) is 0 Å². The van der Waals surface area contributed by atoms with Crippen molar-refractivity contribution in [2.45, 2.75) is 58.1 Å². The Hall–Kier alpha value is -2.62. The molecule has 140 valence electrons. The summed E-state index contributed by atoms with van der Waals surface area (Å²) in [7, 11) is 0. The fourth-order valence-electron chi connectivity index (χ4n) is 3.71. The summed E-state index contributed by atoms with van der Waals surface area (Å²) in [6, 6.07) is 16.8. The Bertz CT molecular complexity index is 899. The zero-order valence-electron chi connectivity index (χ0n) is 16.1. The van der Waals surface area contributed by atoms with E-state index in [9.17, 15) is 0 Å². The second kappa shape index (κ2) is 7.95. The maximum atomic E-state index is 5.75. The number of rotatable bonds is 5. The van der Waals surface area contributed by atoms with Crippen molar-refractivity contribution in [2.75, 3.05) is 5.32 Å². The maximum absolute atomic E-state index is 5.75. The van der Waals surface area contributed by atoms with Gasteiger partial charge in [-0.15, -0.1) is 0 Å². The molecule has 4 nitrogen and oxygen atoms in total. The Labute approximate surface area is 161 Å². The van der Waals surface area contributed by atoms with E-state index in [4.69, 9.17) is 14.7 Å². The molecule has 27 heavy (non-hydrogen) atoms. The molecule has 0 atom stereocenters. The number of benzene rings is 2. The smallest absolute Gasteiger partial charge is 0.162 e. The molecule has 1 fully saturated rings. The van der Waals surface area contributed by atoms with Gasteiger partial charge in [0.25, 0.3) is 0 Å². The quantitative estimate of drug-likeness (QED) is 0.621. The highest BCUT2D eigenvalue weighted by Gasteiger charge is 2.16. The van der Waals surface area contributed by atoms with Crippen molar-refractivity contribution < 1.29 is 4.74 Å². The number of hydrogen-bond donors (Lipinski definition) is 1. The lowest BCUT2D eigenvalue weighted by atomic mass is 9.95. The van der Waals surface area contributed by atoms with E-state index in [1.165, 1.54) is 32.1 Å². The Morgan fingerprint density at radius 3 is 2.41 bits per heavy atom. The molecule has 0 radical (unpaired) electrons. The van der Waals surface area contributed by atoms with Crippen molar-refractivity contribution in [2.24, 2.45) is 0 Å². The van der Waals surface area contributed by atoms with Gasteiger partial charge in [0.2, 0.25) is 0 Å². The van der Waals surface area contributed by atoms with E-state index >= 15 is 0 Å². The predicted octanol–water partition coefficient (Wildman–Crippen LogP) is 5.83. The van der Waals surface area contributed by atoms with Gasteiger partial charge in [-0.2, -0.15) is 0 Å². The Morgan fingerprint density at radius 2 is 1.67 bits per heavy atom. The number of nitrogens with zero attached hydrogens (tertiary/aromatic N) is 2. The van der Waals surface area contributed by atoms with E-state index in [-0.39, 0.29) is 6.10 Å². The second-order valence-electron chi connectivity index (χ2n) is 7.58. The van der Waals surface area contributed by atoms with Crippen molar-refractivity contribution in [3.05, 3.63) is 48.5 Å². The van der Waals surface area contributed by atoms with Crippen LogP contribution in [-0.4, -0.2) is 22.1 Å². The van der Waals surface area contributed by atoms with Gasteiger partial charge in [0, 0.05) is 17.0 Å². The van der Waals surface area contributed by atoms with Crippen molar-refractivity contribution in [1.82, 2.24) is 9.97 Å². The van der Waals surface area contributed by atoms with Crippen molar-refractivity contribution in [3.8, 4) is 17.1 Å². The molecule has 0 unspecified atom stereocenters. The minimum atomic E-state index is 0.166. The summed E-state index contributed by atoms with van der Waals surface area (Å²) >= 11 is 0. The van der Waals surface area contributed by atoms with Crippen LogP contribution in [0.5, 0.6) is 5.75 Å². The maximum Gasteiger partial charge on any atom is 0.162 e. The van der Waals surface area contributed by atoms with Crippen LogP contribution in [0.15, 0.2) is 48.5 Å². The first-order valence-corrected chi connectivity index (χ1v) is 9.99. The first-order valence-electron chi connectivity index (χ1n) is 9.99. The van der Waals surface area contributed by atoms with Crippen LogP contribution >= 0.6 is 0 Å². The summed E-state index contributed by atoms with van der Waals surface area (Å²) in [6.07, 6.45) is 6.54. The number of ether oxygens (including phenoxy) is 1. The van der Waals surface area contributed by atoms with Crippen LogP contribution in [0.3, 0.4) is 0 Å². The van der Waals surface area contributed by atoms with E-state index in [1.807, 2.05) is 44.2 Å². The number of nitrogens with one attached hydrogen (secondary N) is 1. The number of hydrogen-bond acceptors (Lipinski definition) is 4. The summed E-state index contributed by atoms with van der Waals surface area (Å²) in [5.41, 5.74) is 1.98. The molecule has 1 aliphatic rings. The molecule has 1 heterocycles. The molecule has 1 saturated carbocycles. The molecule has 0 saturated heterocycles. The van der Waals surface area contributed by atoms with E-state index in [0.29, 0.717) is 6.04 Å². The van der Waals surface area contributed by atoms with Gasteiger partial charge in [0.1, 0.15) is 11.6 Å². The average Bonchev–Trinajstić information content (AvgIpc) is 2.69. The third kappa shape index (κ3) is 4.21. The summed E-state index contributed by atoms with van der Waals surface area (Å²) in [5.74, 6) is 2.57. The summed E-state index contributed by atoms with van der Waals surface area (Å²) in [5, 5.41) is 4.79. The highest BCUT2D eigenvalue weighted by Crippen LogP contribution is 2.29. The highest BCUT2D eigenvalue weighted by atomic mass is 16.5. The lowest BCUT2D eigenvalue weighted by Crippen LogP contribution is -2.23. The van der Waals surface area contributed by atoms with Crippen molar-refractivity contribution in [3.63, 3.8) is 0 Å². The summed E-state index contributed by atoms with van der Waals surface area (Å²) < 4.78 is 5.75. The van der Waals surface area contributed by atoms with Gasteiger partial charge >= 0.3 is 0 Å². The van der Waals surface area contributed by atoms with Crippen LogP contribution in [0.1, 0.15) is 46.0 Å². The van der Waals surface area contributed by atoms with Gasteiger partial charge in [-0.05, 0) is 63.1 Å². The third-order valence-electron chi connectivity index (χ3n) is 5.03. The monoisotopic (exact) mass is 361 g/mol. The van der Waals surface area contributed by atoms with Crippen molar-refractivity contribution >= 4 is 16.7 Å². The molecule has 1 N–H and O–H groups in total. The highest BCUT2D eigenvalue weighted by molar-refractivity contribution is 5.90. The van der Waals surface area contributed by atoms with Crippen LogP contribution in [0.25, 0.3) is 22.3 Å². The molecule has 1 aliphatic carbocycles. The largest absolute Gasteiger partial charge is 0.491 e. The molecule has 0 spiro atoms. The minimum Gasteiger partial charge on any atom is -0.491 e. The fourth-order valence-corrected chi connectivity index (χ4v) is 3.71. The molecular weight excluding hydrogens is 334 g/mol. The summed E-state index contributed by atoms with van der Waals surface area (Å²) in [6.45, 7) is 4.06. The van der Waals surface area contributed by atoms with Gasteiger partial charge < -0.3 is 10.1 Å². The molecule has 0 bridgehead atoms. The third-order valence-corrected chi connectivity index (χ3v) is 5.03. The van der Waals surface area contributed by atoms with E-state index in [0.717, 1.165) is 33.9 Å². The molecule has 4 heteroatoms. The van der Waals surface area contributed by atoms with Crippen LogP contribution < -0.4 is 10.1 Å². The number of anilines is 1. The van der Waals surface area contributed by atoms with Crippen LogP contribution in [0, 0.1) is 0 Å². The molecule has 1 aromatic heterocycles. The molecule has 0 aliphatic heterocycles. The van der Waals surface area contributed by atoms with E-state index in [2.05, 4.69) is 23.5 Å². The normalized spacial score (nSPS) is 15.2. The van der Waals surface area contributed by atoms with Gasteiger partial charge in [0.05, 0.1) is 11.6 Å². The summed E-state index contributed by atoms with van der Waals surface area (Å²) in [4.78, 5) is 9.69. The second-order valence-corrected chi connectivity index (χ2v) is 7.58. The first kappa shape index (κ1) is 17.8. The molecule has 0 amide bonds. The molecule has 4 rings (SSSR count). The van der Waals surface area contributed by atoms with E-state index in [1.54, 1.807) is 0 Å². The minimum absolute atomic E-state index is 0.166. The topological polar surface area (TPSA) is 47.0 Å². The van der Waals surface area contributed by atoms with E-state index < -0.39 is 0 Å². The van der Waals surface area contributed by atoms with Crippen LogP contribution in [0.4, 0.5) is 5.82 Å². The first-order chi connectivity index (χ1) is 13.2. The zero-order valence-corrected chi connectivity index (χ0v) is 16.1. The predicted molar refractivity (Wildman–Crippen MR) is 111 cm³/mol. The lowest BCUT2D eigenvalue weighted by Gasteiger charge is -2.24. The lowest BCUT2D eigenvalue weighted by molar-refractivity contribution is 0.242. The number of para-hydroxylation sites is 1. The van der Waals surface area contributed by atoms with Gasteiger partial charge in [0.15, 0.2) is 5.82 Å². The van der Waals surface area contributed by atoms with Gasteiger partial charge in [-0.1, -0.05) is 31.4 Å². The Morgan fingerprint density at radius 1 is 0.926 bits per heavy atom. The average molecular weight is 361 g/mol. The molecular formula is C23H27N3O. The standard InChI is InChI=1S/C23H27N3O/c1-16(2)27-19-14-12-17(13-15-19)22-25-21-11-7-6-10-20(21)23(26-22)24-18-8-4-3-5-9-18/h6-7,10-16,18H,3-5,8-9H2,1-2H3,(H,24,25,26). The Kier molecular flexibility index (Phi) is 5.23. The van der Waals surface area contributed by atoms with Gasteiger partial charge in [-0.25, -0.2) is 9.97 Å². The van der Waals surface area contributed by atoms with Crippen LogP contribution in [0.2, 0.25) is 0 Å². The Balaban J connectivity index is 1.68. The zero-order chi connectivity index (χ0) is 18.6. The SMILES string of the molecule is CC(C)Oc1ccc(-c2nc(NC3CCCCC3)c3ccccc3n2)cc1. The van der Waals surface area contributed by atoms with Crippen molar-refractivity contribution in [1.29, 1.82) is 0 Å². The number of aromatic nitrogens is 2. The van der Waals surface area contributed by atoms with Gasteiger partial charge in [-0.3, -0.25) is 0 Å². The fraction of sp³-hybridized carbons (Fsp3) is 0.391. The number of fused-ring (bicyclic) bond motifs is 1. The molecule has 2 aromatic carbocycles.